The van der Waals surface area contributed by atoms with E-state index >= 15 is 0 Å². The van der Waals surface area contributed by atoms with E-state index in [0.717, 1.165) is 5.56 Å². The van der Waals surface area contributed by atoms with Gasteiger partial charge in [0, 0.05) is 25.3 Å². The largest absolute Gasteiger partial charge is 0.488 e. The molecule has 2 rings (SSSR count). The first-order chi connectivity index (χ1) is 15.1. The summed E-state index contributed by atoms with van der Waals surface area (Å²) in [6.45, 7) is 3.78. The Hall–Kier alpha value is -3.63. The zero-order valence-electron chi connectivity index (χ0n) is 17.7. The Labute approximate surface area is 182 Å². The number of hydrogen-bond donors (Lipinski definition) is 1. The maximum Gasteiger partial charge on any atom is 0.337 e. The molecule has 2 aromatic carbocycles. The fourth-order valence-corrected chi connectivity index (χ4v) is 2.67. The number of nitrogens with zero attached hydrogens (tertiary/aromatic N) is 1. The van der Waals surface area contributed by atoms with Crippen molar-refractivity contribution < 1.29 is 23.8 Å². The number of nitriles is 1. The number of rotatable bonds is 11. The lowest BCUT2D eigenvalue weighted by Crippen LogP contribution is -2.26. The van der Waals surface area contributed by atoms with Crippen LogP contribution in [-0.2, 0) is 20.9 Å². The molecule has 0 heterocycles. The van der Waals surface area contributed by atoms with Crippen LogP contribution in [0.25, 0.3) is 6.08 Å². The number of carbonyl (C=O) groups is 2. The molecule has 2 aromatic rings. The van der Waals surface area contributed by atoms with Gasteiger partial charge in [-0.1, -0.05) is 30.3 Å². The van der Waals surface area contributed by atoms with Crippen LogP contribution in [0.3, 0.4) is 0 Å². The highest BCUT2D eigenvalue weighted by atomic mass is 16.5. The highest BCUT2D eigenvalue weighted by Crippen LogP contribution is 2.22. The molecule has 0 aromatic heterocycles. The van der Waals surface area contributed by atoms with Gasteiger partial charge in [0.25, 0.3) is 5.91 Å². The van der Waals surface area contributed by atoms with Crippen LogP contribution >= 0.6 is 0 Å². The van der Waals surface area contributed by atoms with Crippen LogP contribution in [0.5, 0.6) is 5.75 Å². The number of carbonyl (C=O) groups excluding carboxylic acids is 2. The first-order valence-electron chi connectivity index (χ1n) is 9.95. The molecule has 0 radical (unpaired) electrons. The standard InChI is InChI=1S/C24H26N2O5/c1-3-30-14-6-13-26-23(27)21(16-25)15-20-7-4-5-8-22(20)31-17-18-9-11-19(12-10-18)24(28)29-2/h4-5,7-12,15H,3,6,13-14,17H2,1-2H3,(H,26,27)/b21-15+. The second-order valence-corrected chi connectivity index (χ2v) is 6.49. The third-order valence-corrected chi connectivity index (χ3v) is 4.31. The van der Waals surface area contributed by atoms with Gasteiger partial charge in [-0.15, -0.1) is 0 Å². The molecule has 0 unspecified atom stereocenters. The Bertz CT molecular complexity index is 945. The maximum absolute atomic E-state index is 12.3. The van der Waals surface area contributed by atoms with Crippen molar-refractivity contribution in [1.82, 2.24) is 5.32 Å². The second-order valence-electron chi connectivity index (χ2n) is 6.49. The van der Waals surface area contributed by atoms with Crippen LogP contribution in [-0.4, -0.2) is 38.7 Å². The molecule has 0 aliphatic rings. The molecule has 0 saturated carbocycles. The molecule has 7 nitrogen and oxygen atoms in total. The number of methoxy groups -OCH3 is 1. The predicted molar refractivity (Wildman–Crippen MR) is 116 cm³/mol. The Morgan fingerprint density at radius 1 is 1.13 bits per heavy atom. The van der Waals surface area contributed by atoms with E-state index in [2.05, 4.69) is 10.1 Å². The highest BCUT2D eigenvalue weighted by molar-refractivity contribution is 6.01. The first kappa shape index (κ1) is 23.6. The summed E-state index contributed by atoms with van der Waals surface area (Å²) in [5.74, 6) is -0.299. The van der Waals surface area contributed by atoms with Crippen molar-refractivity contribution >= 4 is 18.0 Å². The zero-order valence-corrected chi connectivity index (χ0v) is 17.7. The highest BCUT2D eigenvalue weighted by Gasteiger charge is 2.11. The number of para-hydroxylation sites is 1. The smallest absolute Gasteiger partial charge is 0.337 e. The van der Waals surface area contributed by atoms with Gasteiger partial charge in [-0.05, 0) is 43.2 Å². The second kappa shape index (κ2) is 12.8. The third kappa shape index (κ3) is 7.61. The van der Waals surface area contributed by atoms with E-state index in [0.29, 0.717) is 43.1 Å². The molecule has 0 spiro atoms. The summed E-state index contributed by atoms with van der Waals surface area (Å²) in [6.07, 6.45) is 2.18. The summed E-state index contributed by atoms with van der Waals surface area (Å²) in [5, 5.41) is 12.1. The lowest BCUT2D eigenvalue weighted by Gasteiger charge is -2.10. The van der Waals surface area contributed by atoms with E-state index in [1.54, 1.807) is 42.5 Å². The molecule has 0 atom stereocenters. The fraction of sp³-hybridized carbons (Fsp3) is 0.292. The molecule has 7 heteroatoms. The van der Waals surface area contributed by atoms with Gasteiger partial charge >= 0.3 is 5.97 Å². The van der Waals surface area contributed by atoms with E-state index < -0.39 is 11.9 Å². The van der Waals surface area contributed by atoms with Gasteiger partial charge in [0.1, 0.15) is 24.0 Å². The van der Waals surface area contributed by atoms with Crippen molar-refractivity contribution in [3.8, 4) is 11.8 Å². The van der Waals surface area contributed by atoms with Gasteiger partial charge in [0.15, 0.2) is 0 Å². The molecule has 1 N–H and O–H groups in total. The van der Waals surface area contributed by atoms with Gasteiger partial charge in [0.2, 0.25) is 0 Å². The number of benzene rings is 2. The molecule has 0 saturated heterocycles. The van der Waals surface area contributed by atoms with E-state index in [4.69, 9.17) is 9.47 Å². The van der Waals surface area contributed by atoms with Crippen molar-refractivity contribution in [2.45, 2.75) is 20.0 Å². The van der Waals surface area contributed by atoms with Crippen molar-refractivity contribution in [1.29, 1.82) is 5.26 Å². The molecule has 0 bridgehead atoms. The first-order valence-corrected chi connectivity index (χ1v) is 9.95. The van der Waals surface area contributed by atoms with Crippen LogP contribution in [0.4, 0.5) is 0 Å². The molecule has 162 valence electrons. The monoisotopic (exact) mass is 422 g/mol. The molecular weight excluding hydrogens is 396 g/mol. The van der Waals surface area contributed by atoms with Gasteiger partial charge in [-0.3, -0.25) is 4.79 Å². The minimum absolute atomic E-state index is 0.00473. The zero-order chi connectivity index (χ0) is 22.5. The fourth-order valence-electron chi connectivity index (χ4n) is 2.67. The number of amides is 1. The quantitative estimate of drug-likeness (QED) is 0.258. The van der Waals surface area contributed by atoms with Gasteiger partial charge in [-0.2, -0.15) is 5.26 Å². The Morgan fingerprint density at radius 2 is 1.87 bits per heavy atom. The summed E-state index contributed by atoms with van der Waals surface area (Å²) >= 11 is 0. The van der Waals surface area contributed by atoms with Crippen LogP contribution in [0.1, 0.15) is 34.8 Å². The number of esters is 1. The lowest BCUT2D eigenvalue weighted by molar-refractivity contribution is -0.117. The number of hydrogen-bond acceptors (Lipinski definition) is 6. The van der Waals surface area contributed by atoms with Crippen LogP contribution < -0.4 is 10.1 Å². The van der Waals surface area contributed by atoms with Crippen LogP contribution in [0.2, 0.25) is 0 Å². The van der Waals surface area contributed by atoms with Crippen molar-refractivity contribution in [3.05, 3.63) is 70.8 Å². The van der Waals surface area contributed by atoms with Crippen LogP contribution in [0.15, 0.2) is 54.1 Å². The predicted octanol–water partition coefficient (Wildman–Crippen LogP) is 3.50. The van der Waals surface area contributed by atoms with Crippen LogP contribution in [0, 0.1) is 11.3 Å². The van der Waals surface area contributed by atoms with Gasteiger partial charge in [0.05, 0.1) is 12.7 Å². The molecular formula is C24H26N2O5. The SMILES string of the molecule is CCOCCCNC(=O)/C(C#N)=C/c1ccccc1OCc1ccc(C(=O)OC)cc1. The molecule has 0 aliphatic carbocycles. The Balaban J connectivity index is 2.03. The summed E-state index contributed by atoms with van der Waals surface area (Å²) in [4.78, 5) is 23.8. The van der Waals surface area contributed by atoms with E-state index in [-0.39, 0.29) is 12.2 Å². The normalized spacial score (nSPS) is 10.8. The molecule has 1 amide bonds. The van der Waals surface area contributed by atoms with Crippen molar-refractivity contribution in [2.24, 2.45) is 0 Å². The molecule has 0 fully saturated rings. The summed E-state index contributed by atoms with van der Waals surface area (Å²) in [5.41, 5.74) is 1.93. The number of ether oxygens (including phenoxy) is 3. The topological polar surface area (TPSA) is 97.6 Å². The summed E-state index contributed by atoms with van der Waals surface area (Å²) < 4.78 is 15.8. The molecule has 0 aliphatic heterocycles. The molecule has 31 heavy (non-hydrogen) atoms. The van der Waals surface area contributed by atoms with E-state index in [9.17, 15) is 14.9 Å². The Kier molecular flexibility index (Phi) is 9.79. The average molecular weight is 422 g/mol. The maximum atomic E-state index is 12.3. The van der Waals surface area contributed by atoms with Crippen molar-refractivity contribution in [3.63, 3.8) is 0 Å². The summed E-state index contributed by atoms with van der Waals surface area (Å²) in [7, 11) is 1.33. The van der Waals surface area contributed by atoms with E-state index in [1.165, 1.54) is 13.2 Å². The minimum atomic E-state index is -0.438. The lowest BCUT2D eigenvalue weighted by atomic mass is 10.1. The van der Waals surface area contributed by atoms with Gasteiger partial charge in [-0.25, -0.2) is 4.79 Å². The van der Waals surface area contributed by atoms with Crippen molar-refractivity contribution in [2.75, 3.05) is 26.9 Å². The Morgan fingerprint density at radius 3 is 2.55 bits per heavy atom. The van der Waals surface area contributed by atoms with Gasteiger partial charge < -0.3 is 19.5 Å². The summed E-state index contributed by atoms with van der Waals surface area (Å²) in [6, 6.07) is 16.0. The van der Waals surface area contributed by atoms with E-state index in [1.807, 2.05) is 19.1 Å². The average Bonchev–Trinajstić information content (AvgIpc) is 2.81. The number of nitrogens with one attached hydrogen (secondary N) is 1. The minimum Gasteiger partial charge on any atom is -0.488 e. The third-order valence-electron chi connectivity index (χ3n) is 4.31.